The summed E-state index contributed by atoms with van der Waals surface area (Å²) in [5, 5.41) is 11.4. The van der Waals surface area contributed by atoms with E-state index in [1.807, 2.05) is 17.9 Å². The van der Waals surface area contributed by atoms with Crippen LogP contribution in [-0.4, -0.2) is 83.8 Å². The molecule has 118 valence electrons. The van der Waals surface area contributed by atoms with E-state index in [1.165, 1.54) is 19.5 Å². The van der Waals surface area contributed by atoms with Crippen molar-refractivity contribution in [3.63, 3.8) is 0 Å². The Morgan fingerprint density at radius 2 is 2.14 bits per heavy atom. The fraction of sp³-hybridized carbons (Fsp3) is 0.857. The second-order valence-corrected chi connectivity index (χ2v) is 5.89. The molecule has 1 aromatic heterocycles. The summed E-state index contributed by atoms with van der Waals surface area (Å²) >= 11 is 0. The van der Waals surface area contributed by atoms with E-state index >= 15 is 0 Å². The summed E-state index contributed by atoms with van der Waals surface area (Å²) in [6.45, 7) is 9.11. The van der Waals surface area contributed by atoms with Crippen LogP contribution in [0.15, 0.2) is 6.20 Å². The Hall–Kier alpha value is -1.02. The molecule has 21 heavy (non-hydrogen) atoms. The quantitative estimate of drug-likeness (QED) is 0.756. The molecular weight excluding hydrogens is 268 g/mol. The van der Waals surface area contributed by atoms with Crippen LogP contribution in [0.2, 0.25) is 0 Å². The number of nitrogens with zero attached hydrogens (tertiary/aromatic N) is 5. The zero-order chi connectivity index (χ0) is 14.5. The van der Waals surface area contributed by atoms with Crippen LogP contribution in [0, 0.1) is 0 Å². The Morgan fingerprint density at radius 1 is 1.29 bits per heavy atom. The van der Waals surface area contributed by atoms with Gasteiger partial charge in [0, 0.05) is 45.0 Å². The number of morpholine rings is 1. The third kappa shape index (κ3) is 4.00. The molecule has 2 aliphatic rings. The molecular formula is C14H26N6O. The average molecular weight is 294 g/mol. The van der Waals surface area contributed by atoms with Gasteiger partial charge in [-0.3, -0.25) is 14.5 Å². The fourth-order valence-corrected chi connectivity index (χ4v) is 3.21. The van der Waals surface area contributed by atoms with E-state index in [0.29, 0.717) is 6.04 Å². The minimum absolute atomic E-state index is 0.712. The lowest BCUT2D eigenvalue weighted by Crippen LogP contribution is -2.44. The highest BCUT2D eigenvalue weighted by Gasteiger charge is 2.28. The Bertz CT molecular complexity index is 431. The first-order chi connectivity index (χ1) is 10.3. The molecule has 3 rings (SSSR count). The third-order valence-electron chi connectivity index (χ3n) is 4.40. The molecule has 1 N–H and O–H groups in total. The van der Waals surface area contributed by atoms with Gasteiger partial charge in [-0.05, 0) is 20.0 Å². The van der Waals surface area contributed by atoms with Crippen molar-refractivity contribution in [3.05, 3.63) is 11.9 Å². The van der Waals surface area contributed by atoms with Gasteiger partial charge in [0.1, 0.15) is 0 Å². The van der Waals surface area contributed by atoms with Crippen molar-refractivity contribution in [3.8, 4) is 0 Å². The molecule has 0 spiro atoms. The number of ether oxygens (including phenoxy) is 1. The molecule has 0 aliphatic carbocycles. The Morgan fingerprint density at radius 3 is 2.95 bits per heavy atom. The van der Waals surface area contributed by atoms with Gasteiger partial charge in [0.25, 0.3) is 0 Å². The fourth-order valence-electron chi connectivity index (χ4n) is 3.21. The van der Waals surface area contributed by atoms with Crippen molar-refractivity contribution in [2.45, 2.75) is 25.6 Å². The maximum atomic E-state index is 5.43. The number of rotatable bonds is 6. The first kappa shape index (κ1) is 14.9. The summed E-state index contributed by atoms with van der Waals surface area (Å²) in [5.41, 5.74) is 1.00. The molecule has 7 nitrogen and oxygen atoms in total. The Labute approximate surface area is 126 Å². The van der Waals surface area contributed by atoms with E-state index in [-0.39, 0.29) is 0 Å². The lowest BCUT2D eigenvalue weighted by atomic mass is 10.2. The van der Waals surface area contributed by atoms with Gasteiger partial charge in [-0.2, -0.15) is 0 Å². The summed E-state index contributed by atoms with van der Waals surface area (Å²) in [5.74, 6) is 0. The van der Waals surface area contributed by atoms with E-state index in [0.717, 1.165) is 51.6 Å². The van der Waals surface area contributed by atoms with Gasteiger partial charge in [-0.15, -0.1) is 5.10 Å². The summed E-state index contributed by atoms with van der Waals surface area (Å²) in [4.78, 5) is 5.13. The Kier molecular flexibility index (Phi) is 5.18. The zero-order valence-electron chi connectivity index (χ0n) is 12.9. The SMILES string of the molecule is CNCc1cn(CCN2CCC(N3CCOCC3)C2)nn1. The highest BCUT2D eigenvalue weighted by Crippen LogP contribution is 2.16. The van der Waals surface area contributed by atoms with Crippen molar-refractivity contribution < 1.29 is 4.74 Å². The lowest BCUT2D eigenvalue weighted by Gasteiger charge is -2.32. The molecule has 3 heterocycles. The zero-order valence-corrected chi connectivity index (χ0v) is 12.9. The number of aromatic nitrogens is 3. The Balaban J connectivity index is 1.41. The predicted molar refractivity (Wildman–Crippen MR) is 80.0 cm³/mol. The molecule has 0 bridgehead atoms. The standard InChI is InChI=1S/C14H26N6O/c1-15-10-13-11-20(17-16-13)5-4-18-3-2-14(12-18)19-6-8-21-9-7-19/h11,14-15H,2-10,12H2,1H3. The number of likely N-dealkylation sites (tertiary alicyclic amines) is 1. The minimum Gasteiger partial charge on any atom is -0.379 e. The van der Waals surface area contributed by atoms with Crippen LogP contribution in [0.3, 0.4) is 0 Å². The van der Waals surface area contributed by atoms with E-state index < -0.39 is 0 Å². The van der Waals surface area contributed by atoms with Crippen LogP contribution in [0.1, 0.15) is 12.1 Å². The van der Waals surface area contributed by atoms with E-state index in [9.17, 15) is 0 Å². The number of nitrogens with one attached hydrogen (secondary N) is 1. The van der Waals surface area contributed by atoms with Crippen LogP contribution in [0.5, 0.6) is 0 Å². The molecule has 2 aliphatic heterocycles. The highest BCUT2D eigenvalue weighted by molar-refractivity contribution is 4.91. The van der Waals surface area contributed by atoms with Crippen LogP contribution in [-0.2, 0) is 17.8 Å². The number of hydrogen-bond donors (Lipinski definition) is 1. The lowest BCUT2D eigenvalue weighted by molar-refractivity contribution is 0.0184. The molecule has 2 saturated heterocycles. The second-order valence-electron chi connectivity index (χ2n) is 5.89. The molecule has 0 saturated carbocycles. The van der Waals surface area contributed by atoms with E-state index in [2.05, 4.69) is 25.4 Å². The molecule has 0 radical (unpaired) electrons. The van der Waals surface area contributed by atoms with Crippen molar-refractivity contribution in [2.75, 3.05) is 53.0 Å². The summed E-state index contributed by atoms with van der Waals surface area (Å²) < 4.78 is 7.39. The third-order valence-corrected chi connectivity index (χ3v) is 4.40. The molecule has 1 unspecified atom stereocenters. The van der Waals surface area contributed by atoms with Crippen LogP contribution in [0.25, 0.3) is 0 Å². The second kappa shape index (κ2) is 7.31. The largest absolute Gasteiger partial charge is 0.379 e. The first-order valence-corrected chi connectivity index (χ1v) is 7.93. The van der Waals surface area contributed by atoms with Gasteiger partial charge in [0.05, 0.1) is 25.5 Å². The van der Waals surface area contributed by atoms with Gasteiger partial charge < -0.3 is 10.1 Å². The summed E-state index contributed by atoms with van der Waals surface area (Å²) in [6, 6.07) is 0.712. The maximum absolute atomic E-state index is 5.43. The van der Waals surface area contributed by atoms with Crippen molar-refractivity contribution in [2.24, 2.45) is 0 Å². The van der Waals surface area contributed by atoms with Crippen molar-refractivity contribution >= 4 is 0 Å². The van der Waals surface area contributed by atoms with Crippen LogP contribution >= 0.6 is 0 Å². The summed E-state index contributed by atoms with van der Waals surface area (Å²) in [7, 11) is 1.93. The van der Waals surface area contributed by atoms with Crippen molar-refractivity contribution in [1.82, 2.24) is 30.1 Å². The molecule has 0 amide bonds. The van der Waals surface area contributed by atoms with E-state index in [4.69, 9.17) is 4.74 Å². The normalized spacial score (nSPS) is 24.7. The monoisotopic (exact) mass is 294 g/mol. The first-order valence-electron chi connectivity index (χ1n) is 7.93. The number of hydrogen-bond acceptors (Lipinski definition) is 6. The molecule has 1 aromatic rings. The van der Waals surface area contributed by atoms with E-state index in [1.54, 1.807) is 0 Å². The topological polar surface area (TPSA) is 58.5 Å². The van der Waals surface area contributed by atoms with Gasteiger partial charge in [0.2, 0.25) is 0 Å². The molecule has 2 fully saturated rings. The van der Waals surface area contributed by atoms with Gasteiger partial charge in [-0.1, -0.05) is 5.21 Å². The van der Waals surface area contributed by atoms with Crippen molar-refractivity contribution in [1.29, 1.82) is 0 Å². The van der Waals surface area contributed by atoms with Crippen LogP contribution in [0.4, 0.5) is 0 Å². The van der Waals surface area contributed by atoms with Gasteiger partial charge in [0.15, 0.2) is 0 Å². The maximum Gasteiger partial charge on any atom is 0.0964 e. The molecule has 7 heteroatoms. The predicted octanol–water partition coefficient (Wildman–Crippen LogP) is -0.596. The summed E-state index contributed by atoms with van der Waals surface area (Å²) in [6.07, 6.45) is 3.31. The molecule has 0 aromatic carbocycles. The minimum atomic E-state index is 0.712. The van der Waals surface area contributed by atoms with Gasteiger partial charge in [-0.25, -0.2) is 0 Å². The van der Waals surface area contributed by atoms with Crippen LogP contribution < -0.4 is 5.32 Å². The van der Waals surface area contributed by atoms with Gasteiger partial charge >= 0.3 is 0 Å². The highest BCUT2D eigenvalue weighted by atomic mass is 16.5. The average Bonchev–Trinajstić information content (AvgIpc) is 3.16. The smallest absolute Gasteiger partial charge is 0.0964 e. The molecule has 1 atom stereocenters.